The number of hydrogen-bond acceptors (Lipinski definition) is 4. The summed E-state index contributed by atoms with van der Waals surface area (Å²) >= 11 is 0. The molecule has 0 saturated carbocycles. The Labute approximate surface area is 102 Å². The van der Waals surface area contributed by atoms with Crippen molar-refractivity contribution in [2.24, 2.45) is 5.73 Å². The fourth-order valence-electron chi connectivity index (χ4n) is 1.56. The number of esters is 1. The number of carbonyl (C=O) groups excluding carboxylic acids is 1. The number of hydrogen-bond donors (Lipinski definition) is 1. The van der Waals surface area contributed by atoms with Crippen molar-refractivity contribution >= 4 is 5.97 Å². The fraction of sp³-hybridized carbons (Fsp3) is 0.462. The van der Waals surface area contributed by atoms with E-state index in [0.717, 1.165) is 12.0 Å². The summed E-state index contributed by atoms with van der Waals surface area (Å²) in [5.74, 6) is 0.680. The van der Waals surface area contributed by atoms with Gasteiger partial charge < -0.3 is 15.2 Å². The highest BCUT2D eigenvalue weighted by Crippen LogP contribution is 2.29. The van der Waals surface area contributed by atoms with E-state index in [9.17, 15) is 4.79 Å². The SMILES string of the molecule is CCOc1cc(CC(C)N)ccc1OC(C)=O. The highest BCUT2D eigenvalue weighted by atomic mass is 16.6. The van der Waals surface area contributed by atoms with Crippen LogP contribution < -0.4 is 15.2 Å². The van der Waals surface area contributed by atoms with Gasteiger partial charge in [0.2, 0.25) is 0 Å². The van der Waals surface area contributed by atoms with Crippen LogP contribution in [0.3, 0.4) is 0 Å². The average molecular weight is 237 g/mol. The van der Waals surface area contributed by atoms with Crippen molar-refractivity contribution in [1.82, 2.24) is 0 Å². The van der Waals surface area contributed by atoms with E-state index in [-0.39, 0.29) is 12.0 Å². The first-order valence-corrected chi connectivity index (χ1v) is 5.72. The van der Waals surface area contributed by atoms with Crippen LogP contribution in [-0.4, -0.2) is 18.6 Å². The molecular weight excluding hydrogens is 218 g/mol. The zero-order valence-electron chi connectivity index (χ0n) is 10.5. The Bertz CT molecular complexity index is 388. The van der Waals surface area contributed by atoms with E-state index in [0.29, 0.717) is 18.1 Å². The van der Waals surface area contributed by atoms with Crippen LogP contribution in [0.2, 0.25) is 0 Å². The lowest BCUT2D eigenvalue weighted by Crippen LogP contribution is -2.17. The maximum absolute atomic E-state index is 10.9. The van der Waals surface area contributed by atoms with Gasteiger partial charge in [-0.1, -0.05) is 6.07 Å². The largest absolute Gasteiger partial charge is 0.490 e. The van der Waals surface area contributed by atoms with Crippen molar-refractivity contribution in [3.63, 3.8) is 0 Å². The summed E-state index contributed by atoms with van der Waals surface area (Å²) in [5, 5.41) is 0. The van der Waals surface area contributed by atoms with Gasteiger partial charge in [-0.3, -0.25) is 4.79 Å². The van der Waals surface area contributed by atoms with Gasteiger partial charge in [-0.05, 0) is 38.0 Å². The molecule has 0 aliphatic heterocycles. The Morgan fingerprint density at radius 2 is 2.12 bits per heavy atom. The smallest absolute Gasteiger partial charge is 0.308 e. The molecule has 1 unspecified atom stereocenters. The van der Waals surface area contributed by atoms with E-state index in [1.807, 2.05) is 26.0 Å². The monoisotopic (exact) mass is 237 g/mol. The Morgan fingerprint density at radius 3 is 2.65 bits per heavy atom. The van der Waals surface area contributed by atoms with Gasteiger partial charge in [0.15, 0.2) is 11.5 Å². The van der Waals surface area contributed by atoms with Crippen molar-refractivity contribution in [3.05, 3.63) is 23.8 Å². The van der Waals surface area contributed by atoms with Gasteiger partial charge >= 0.3 is 5.97 Å². The summed E-state index contributed by atoms with van der Waals surface area (Å²) in [7, 11) is 0. The first kappa shape index (κ1) is 13.5. The third-order valence-corrected chi connectivity index (χ3v) is 2.12. The Balaban J connectivity index is 2.94. The third kappa shape index (κ3) is 4.44. The quantitative estimate of drug-likeness (QED) is 0.627. The van der Waals surface area contributed by atoms with Gasteiger partial charge in [0.25, 0.3) is 0 Å². The van der Waals surface area contributed by atoms with E-state index in [4.69, 9.17) is 15.2 Å². The molecule has 0 radical (unpaired) electrons. The van der Waals surface area contributed by atoms with Crippen molar-refractivity contribution in [2.75, 3.05) is 6.61 Å². The van der Waals surface area contributed by atoms with E-state index in [2.05, 4.69) is 0 Å². The first-order valence-electron chi connectivity index (χ1n) is 5.72. The van der Waals surface area contributed by atoms with E-state index in [1.165, 1.54) is 6.92 Å². The lowest BCUT2D eigenvalue weighted by molar-refractivity contribution is -0.132. The van der Waals surface area contributed by atoms with Gasteiger partial charge in [0.1, 0.15) is 0 Å². The molecule has 4 heteroatoms. The van der Waals surface area contributed by atoms with Crippen molar-refractivity contribution in [2.45, 2.75) is 33.2 Å². The molecular formula is C13H19NO3. The number of carbonyl (C=O) groups is 1. The molecule has 0 aliphatic carbocycles. The molecule has 94 valence electrons. The molecule has 1 atom stereocenters. The van der Waals surface area contributed by atoms with E-state index >= 15 is 0 Å². The Kier molecular flexibility index (Phi) is 4.97. The summed E-state index contributed by atoms with van der Waals surface area (Å²) in [6, 6.07) is 5.59. The molecule has 17 heavy (non-hydrogen) atoms. The second-order valence-corrected chi connectivity index (χ2v) is 3.99. The Morgan fingerprint density at radius 1 is 1.41 bits per heavy atom. The second kappa shape index (κ2) is 6.25. The van der Waals surface area contributed by atoms with Crippen LogP contribution in [0.4, 0.5) is 0 Å². The maximum atomic E-state index is 10.9. The average Bonchev–Trinajstić information content (AvgIpc) is 2.21. The van der Waals surface area contributed by atoms with E-state index < -0.39 is 0 Å². The molecule has 0 fully saturated rings. The summed E-state index contributed by atoms with van der Waals surface area (Å²) < 4.78 is 10.5. The lowest BCUT2D eigenvalue weighted by atomic mass is 10.1. The summed E-state index contributed by atoms with van der Waals surface area (Å²) in [5.41, 5.74) is 6.81. The van der Waals surface area contributed by atoms with Crippen LogP contribution >= 0.6 is 0 Å². The molecule has 0 amide bonds. The van der Waals surface area contributed by atoms with Gasteiger partial charge in [0.05, 0.1) is 6.61 Å². The van der Waals surface area contributed by atoms with E-state index in [1.54, 1.807) is 6.07 Å². The first-order chi connectivity index (χ1) is 8.02. The molecule has 1 rings (SSSR count). The molecule has 4 nitrogen and oxygen atoms in total. The van der Waals surface area contributed by atoms with Crippen LogP contribution in [0, 0.1) is 0 Å². The minimum Gasteiger partial charge on any atom is -0.490 e. The number of nitrogens with two attached hydrogens (primary N) is 1. The van der Waals surface area contributed by atoms with Crippen LogP contribution in [0.25, 0.3) is 0 Å². The zero-order chi connectivity index (χ0) is 12.8. The van der Waals surface area contributed by atoms with Crippen LogP contribution in [-0.2, 0) is 11.2 Å². The molecule has 0 heterocycles. The van der Waals surface area contributed by atoms with Gasteiger partial charge in [0, 0.05) is 13.0 Å². The molecule has 0 spiro atoms. The molecule has 2 N–H and O–H groups in total. The highest BCUT2D eigenvalue weighted by molar-refractivity contribution is 5.70. The lowest BCUT2D eigenvalue weighted by Gasteiger charge is -2.12. The molecule has 0 saturated heterocycles. The zero-order valence-corrected chi connectivity index (χ0v) is 10.5. The minimum absolute atomic E-state index is 0.0871. The van der Waals surface area contributed by atoms with Gasteiger partial charge in [-0.2, -0.15) is 0 Å². The summed E-state index contributed by atoms with van der Waals surface area (Å²) in [6.07, 6.45) is 0.764. The summed E-state index contributed by atoms with van der Waals surface area (Å²) in [4.78, 5) is 10.9. The summed E-state index contributed by atoms with van der Waals surface area (Å²) in [6.45, 7) is 5.72. The maximum Gasteiger partial charge on any atom is 0.308 e. The molecule has 1 aromatic carbocycles. The predicted molar refractivity (Wildman–Crippen MR) is 66.3 cm³/mol. The predicted octanol–water partition coefficient (Wildman–Crippen LogP) is 1.90. The normalized spacial score (nSPS) is 12.0. The highest BCUT2D eigenvalue weighted by Gasteiger charge is 2.09. The van der Waals surface area contributed by atoms with Gasteiger partial charge in [-0.15, -0.1) is 0 Å². The van der Waals surface area contributed by atoms with Crippen molar-refractivity contribution in [1.29, 1.82) is 0 Å². The minimum atomic E-state index is -0.356. The molecule has 0 aliphatic rings. The second-order valence-electron chi connectivity index (χ2n) is 3.99. The van der Waals surface area contributed by atoms with Crippen LogP contribution in [0.15, 0.2) is 18.2 Å². The standard InChI is InChI=1S/C13H19NO3/c1-4-16-13-8-11(7-9(2)14)5-6-12(13)17-10(3)15/h5-6,8-9H,4,7,14H2,1-3H3. The van der Waals surface area contributed by atoms with Crippen molar-refractivity contribution < 1.29 is 14.3 Å². The Hall–Kier alpha value is -1.55. The third-order valence-electron chi connectivity index (χ3n) is 2.12. The van der Waals surface area contributed by atoms with Crippen molar-refractivity contribution in [3.8, 4) is 11.5 Å². The number of benzene rings is 1. The molecule has 0 aromatic heterocycles. The molecule has 0 bridgehead atoms. The molecule has 1 aromatic rings. The van der Waals surface area contributed by atoms with Crippen LogP contribution in [0.1, 0.15) is 26.3 Å². The number of ether oxygens (including phenoxy) is 2. The number of rotatable bonds is 5. The van der Waals surface area contributed by atoms with Crippen LogP contribution in [0.5, 0.6) is 11.5 Å². The van der Waals surface area contributed by atoms with Gasteiger partial charge in [-0.25, -0.2) is 0 Å². The topological polar surface area (TPSA) is 61.6 Å². The fourth-order valence-corrected chi connectivity index (χ4v) is 1.56.